The van der Waals surface area contributed by atoms with E-state index in [-0.39, 0.29) is 0 Å². The Labute approximate surface area is 106 Å². The van der Waals surface area contributed by atoms with Crippen molar-refractivity contribution in [2.45, 2.75) is 59.5 Å². The van der Waals surface area contributed by atoms with Crippen LogP contribution >= 0.6 is 0 Å². The van der Waals surface area contributed by atoms with Gasteiger partial charge >= 0.3 is 0 Å². The highest BCUT2D eigenvalue weighted by Gasteiger charge is 2.17. The number of nitrogens with one attached hydrogen (secondary N) is 1. The van der Waals surface area contributed by atoms with Crippen LogP contribution in [0.1, 0.15) is 45.5 Å². The molecular weight excluding hydrogens is 210 g/mol. The van der Waals surface area contributed by atoms with Crippen LogP contribution in [-0.2, 0) is 19.4 Å². The zero-order valence-corrected chi connectivity index (χ0v) is 12.0. The van der Waals surface area contributed by atoms with Crippen molar-refractivity contribution in [2.75, 3.05) is 7.05 Å². The van der Waals surface area contributed by atoms with Crippen molar-refractivity contribution < 1.29 is 0 Å². The first-order chi connectivity index (χ1) is 8.15. The van der Waals surface area contributed by atoms with Crippen LogP contribution in [0.2, 0.25) is 0 Å². The van der Waals surface area contributed by atoms with Gasteiger partial charge in [-0.15, -0.1) is 0 Å². The molecule has 98 valence electrons. The van der Waals surface area contributed by atoms with Crippen molar-refractivity contribution in [3.8, 4) is 0 Å². The van der Waals surface area contributed by atoms with Crippen molar-refractivity contribution in [1.82, 2.24) is 15.1 Å². The number of aromatic nitrogens is 2. The number of likely N-dealkylation sites (N-methyl/N-ethyl adjacent to an activating group) is 1. The number of aryl methyl sites for hydroxylation is 2. The fraction of sp³-hybridized carbons (Fsp3) is 0.786. The lowest BCUT2D eigenvalue weighted by Crippen LogP contribution is -2.34. The number of hydrogen-bond donors (Lipinski definition) is 1. The quantitative estimate of drug-likeness (QED) is 0.790. The summed E-state index contributed by atoms with van der Waals surface area (Å²) in [6, 6.07) is 2.81. The van der Waals surface area contributed by atoms with Gasteiger partial charge in [0.2, 0.25) is 0 Å². The van der Waals surface area contributed by atoms with Crippen molar-refractivity contribution in [1.29, 1.82) is 0 Å². The Morgan fingerprint density at radius 3 is 2.53 bits per heavy atom. The average Bonchev–Trinajstić information content (AvgIpc) is 2.77. The van der Waals surface area contributed by atoms with Gasteiger partial charge in [0.25, 0.3) is 0 Å². The van der Waals surface area contributed by atoms with Gasteiger partial charge in [-0.2, -0.15) is 5.10 Å². The van der Waals surface area contributed by atoms with E-state index in [1.165, 1.54) is 17.8 Å². The van der Waals surface area contributed by atoms with Crippen molar-refractivity contribution in [3.63, 3.8) is 0 Å². The van der Waals surface area contributed by atoms with E-state index in [0.717, 1.165) is 19.4 Å². The third-order valence-corrected chi connectivity index (χ3v) is 3.71. The first-order valence-electron chi connectivity index (χ1n) is 6.89. The number of hydrogen-bond acceptors (Lipinski definition) is 2. The molecule has 0 saturated heterocycles. The van der Waals surface area contributed by atoms with E-state index in [2.05, 4.69) is 55.9 Å². The standard InChI is InChI=1S/C14H27N3/c1-6-11(4)14(15-5)10-13-9-12(7-2)16-17(13)8-3/h9,11,14-15H,6-8,10H2,1-5H3. The van der Waals surface area contributed by atoms with Crippen LogP contribution in [0.4, 0.5) is 0 Å². The number of nitrogens with zero attached hydrogens (tertiary/aromatic N) is 2. The molecule has 0 radical (unpaired) electrons. The maximum Gasteiger partial charge on any atom is 0.0624 e. The summed E-state index contributed by atoms with van der Waals surface area (Å²) in [5.74, 6) is 0.699. The predicted molar refractivity (Wildman–Crippen MR) is 73.3 cm³/mol. The van der Waals surface area contributed by atoms with E-state index in [0.29, 0.717) is 12.0 Å². The third-order valence-electron chi connectivity index (χ3n) is 3.71. The molecule has 3 heteroatoms. The lowest BCUT2D eigenvalue weighted by atomic mass is 9.95. The minimum atomic E-state index is 0.548. The molecule has 0 amide bonds. The second-order valence-corrected chi connectivity index (χ2v) is 4.78. The monoisotopic (exact) mass is 237 g/mol. The van der Waals surface area contributed by atoms with Gasteiger partial charge in [-0.1, -0.05) is 27.2 Å². The molecule has 0 aromatic carbocycles. The molecule has 0 aliphatic rings. The molecule has 2 atom stereocenters. The van der Waals surface area contributed by atoms with Crippen LogP contribution in [0.3, 0.4) is 0 Å². The summed E-state index contributed by atoms with van der Waals surface area (Å²) < 4.78 is 2.14. The largest absolute Gasteiger partial charge is 0.316 e. The molecule has 17 heavy (non-hydrogen) atoms. The molecule has 0 aliphatic carbocycles. The van der Waals surface area contributed by atoms with E-state index in [1.54, 1.807) is 0 Å². The summed E-state index contributed by atoms with van der Waals surface area (Å²) in [5.41, 5.74) is 2.57. The first kappa shape index (κ1) is 14.2. The summed E-state index contributed by atoms with van der Waals surface area (Å²) in [7, 11) is 2.06. The summed E-state index contributed by atoms with van der Waals surface area (Å²) in [6.07, 6.45) is 3.31. The molecule has 1 aromatic heterocycles. The van der Waals surface area contributed by atoms with Crippen LogP contribution in [0.5, 0.6) is 0 Å². The van der Waals surface area contributed by atoms with Crippen molar-refractivity contribution >= 4 is 0 Å². The Morgan fingerprint density at radius 1 is 1.35 bits per heavy atom. The molecule has 2 unspecified atom stereocenters. The molecule has 0 spiro atoms. The smallest absolute Gasteiger partial charge is 0.0624 e. The Morgan fingerprint density at radius 2 is 2.06 bits per heavy atom. The Balaban J connectivity index is 2.80. The molecular formula is C14H27N3. The van der Waals surface area contributed by atoms with E-state index >= 15 is 0 Å². The Kier molecular flexibility index (Phi) is 5.69. The molecule has 0 fully saturated rings. The maximum atomic E-state index is 4.61. The van der Waals surface area contributed by atoms with Crippen molar-refractivity contribution in [2.24, 2.45) is 5.92 Å². The molecule has 0 bridgehead atoms. The van der Waals surface area contributed by atoms with Crippen LogP contribution in [0.15, 0.2) is 6.07 Å². The molecule has 1 N–H and O–H groups in total. The lowest BCUT2D eigenvalue weighted by Gasteiger charge is -2.22. The van der Waals surface area contributed by atoms with Crippen molar-refractivity contribution in [3.05, 3.63) is 17.5 Å². The fourth-order valence-corrected chi connectivity index (χ4v) is 2.22. The summed E-state index contributed by atoms with van der Waals surface area (Å²) in [6.45, 7) is 9.86. The zero-order chi connectivity index (χ0) is 12.8. The molecule has 1 rings (SSSR count). The Hall–Kier alpha value is -0.830. The van der Waals surface area contributed by atoms with E-state index in [1.807, 2.05) is 0 Å². The molecule has 1 heterocycles. The predicted octanol–water partition coefficient (Wildman–Crippen LogP) is 2.64. The molecule has 0 aliphatic heterocycles. The highest BCUT2D eigenvalue weighted by molar-refractivity contribution is 5.12. The molecule has 1 aromatic rings. The highest BCUT2D eigenvalue weighted by Crippen LogP contribution is 2.15. The third kappa shape index (κ3) is 3.56. The van der Waals surface area contributed by atoms with Crippen LogP contribution in [0, 0.1) is 5.92 Å². The number of rotatable bonds is 7. The van der Waals surface area contributed by atoms with Gasteiger partial charge < -0.3 is 5.32 Å². The van der Waals surface area contributed by atoms with Gasteiger partial charge in [0.1, 0.15) is 0 Å². The summed E-state index contributed by atoms with van der Waals surface area (Å²) >= 11 is 0. The highest BCUT2D eigenvalue weighted by atomic mass is 15.3. The van der Waals surface area contributed by atoms with Gasteiger partial charge in [0.05, 0.1) is 5.69 Å². The first-order valence-corrected chi connectivity index (χ1v) is 6.89. The Bertz CT molecular complexity index is 330. The topological polar surface area (TPSA) is 29.9 Å². The van der Waals surface area contributed by atoms with Crippen LogP contribution < -0.4 is 5.32 Å². The van der Waals surface area contributed by atoms with Gasteiger partial charge in [-0.25, -0.2) is 0 Å². The second kappa shape index (κ2) is 6.80. The van der Waals surface area contributed by atoms with Gasteiger partial charge in [0.15, 0.2) is 0 Å². The van der Waals surface area contributed by atoms with E-state index < -0.39 is 0 Å². The summed E-state index contributed by atoms with van der Waals surface area (Å²) in [4.78, 5) is 0. The SMILES string of the molecule is CCc1cc(CC(NC)C(C)CC)n(CC)n1. The second-order valence-electron chi connectivity index (χ2n) is 4.78. The molecule has 3 nitrogen and oxygen atoms in total. The maximum absolute atomic E-state index is 4.61. The average molecular weight is 237 g/mol. The van der Waals surface area contributed by atoms with E-state index in [9.17, 15) is 0 Å². The normalized spacial score (nSPS) is 14.9. The minimum absolute atomic E-state index is 0.548. The van der Waals surface area contributed by atoms with Gasteiger partial charge in [-0.05, 0) is 32.4 Å². The van der Waals surface area contributed by atoms with Crippen LogP contribution in [-0.4, -0.2) is 22.9 Å². The minimum Gasteiger partial charge on any atom is -0.316 e. The zero-order valence-electron chi connectivity index (χ0n) is 12.0. The van der Waals surface area contributed by atoms with E-state index in [4.69, 9.17) is 0 Å². The van der Waals surface area contributed by atoms with Gasteiger partial charge in [-0.3, -0.25) is 4.68 Å². The van der Waals surface area contributed by atoms with Crippen LogP contribution in [0.25, 0.3) is 0 Å². The van der Waals surface area contributed by atoms with Gasteiger partial charge in [0, 0.05) is 24.7 Å². The molecule has 0 saturated carbocycles. The fourth-order valence-electron chi connectivity index (χ4n) is 2.22. The summed E-state index contributed by atoms with van der Waals surface area (Å²) in [5, 5.41) is 8.05. The lowest BCUT2D eigenvalue weighted by molar-refractivity contribution is 0.378.